The van der Waals surface area contributed by atoms with E-state index in [2.05, 4.69) is 44.9 Å². The van der Waals surface area contributed by atoms with E-state index in [0.717, 1.165) is 0 Å². The quantitative estimate of drug-likeness (QED) is 0.218. The van der Waals surface area contributed by atoms with Gasteiger partial charge in [0.15, 0.2) is 34.9 Å². The summed E-state index contributed by atoms with van der Waals surface area (Å²) in [5, 5.41) is 148. The highest BCUT2D eigenvalue weighted by atomic mass is 15.1. The van der Waals surface area contributed by atoms with Gasteiger partial charge in [0.25, 0.3) is 0 Å². The molecule has 0 saturated heterocycles. The molecule has 7 rings (SSSR count). The maximum atomic E-state index is 10.6. The van der Waals surface area contributed by atoms with Crippen molar-refractivity contribution < 1.29 is 0 Å². The Labute approximate surface area is 364 Å². The maximum Gasteiger partial charge on any atom is 0.178 e. The Morgan fingerprint density at radius 1 is 0.227 bits per heavy atom. The number of allylic oxidation sites excluding steroid dienone is 3. The second kappa shape index (κ2) is 16.0. The van der Waals surface area contributed by atoms with E-state index in [0.29, 0.717) is 0 Å². The van der Waals surface area contributed by atoms with Crippen LogP contribution in [0.25, 0.3) is 16.7 Å². The van der Waals surface area contributed by atoms with Gasteiger partial charge in [0.2, 0.25) is 0 Å². The molecule has 0 radical (unpaired) electrons. The van der Waals surface area contributed by atoms with Crippen molar-refractivity contribution in [3.8, 4) is 91.0 Å². The molecule has 3 aliphatic heterocycles. The van der Waals surface area contributed by atoms with Gasteiger partial charge in [-0.05, 0) is 0 Å². The number of hydrogen-bond acceptors (Lipinski definition) is 24. The zero-order chi connectivity index (χ0) is 47.6. The molecule has 0 bridgehead atoms. The number of aromatic nitrogens is 3. The van der Waals surface area contributed by atoms with Crippen LogP contribution in [0.4, 0.5) is 0 Å². The van der Waals surface area contributed by atoms with Crippen LogP contribution in [0.3, 0.4) is 0 Å². The van der Waals surface area contributed by atoms with Gasteiger partial charge in [0, 0.05) is 0 Å². The molecule has 3 aliphatic rings. The molecule has 66 heavy (non-hydrogen) atoms. The summed E-state index contributed by atoms with van der Waals surface area (Å²) in [7, 11) is 0. The fourth-order valence-electron chi connectivity index (χ4n) is 6.51. The molecular weight excluding hydrogens is 841 g/mol. The summed E-state index contributed by atoms with van der Waals surface area (Å²) < 4.78 is 0. The molecule has 0 amide bonds. The molecule has 1 aromatic heterocycles. The second-order valence-electron chi connectivity index (χ2n) is 12.3. The zero-order valence-corrected chi connectivity index (χ0v) is 31.7. The minimum absolute atomic E-state index is 0.394. The van der Waals surface area contributed by atoms with Crippen molar-refractivity contribution in [2.45, 2.75) is 0 Å². The molecule has 0 atom stereocenters. The van der Waals surface area contributed by atoms with E-state index in [-0.39, 0.29) is 0 Å². The highest BCUT2D eigenvalue weighted by Crippen LogP contribution is 2.27. The fraction of sp³-hybridized carbons (Fsp3) is 0. The first kappa shape index (κ1) is 41.2. The van der Waals surface area contributed by atoms with E-state index in [1.807, 2.05) is 0 Å². The van der Waals surface area contributed by atoms with Gasteiger partial charge in [0.1, 0.15) is 140 Å². The Morgan fingerprint density at radius 3 is 0.500 bits per heavy atom. The van der Waals surface area contributed by atoms with Crippen molar-refractivity contribution in [2.24, 2.45) is 30.0 Å². The van der Waals surface area contributed by atoms with Gasteiger partial charge in [-0.1, -0.05) is 0 Å². The largest absolute Gasteiger partial charge is 0.224 e. The normalized spacial score (nSPS) is 11.1. The van der Waals surface area contributed by atoms with E-state index in [9.17, 15) is 78.9 Å². The summed E-state index contributed by atoms with van der Waals surface area (Å²) in [4.78, 5) is 37.9. The SMILES string of the molecule is N#CC(=C1N=c2c(C#N)c(C#N)c(C#N)c(C#N)c2=N1)c1nc(C(C#N)=C2N=c3c(C#N)c(C#N)c(C#N)c(C#N)c3=N2)nc(C(C#N)=C2N=c3c(C#N)c(C#N)c(C#N)c(C#N)c3=N2)n1. The molecule has 0 unspecified atom stereocenters. The molecule has 288 valence electrons. The Kier molecular flexibility index (Phi) is 9.99. The van der Waals surface area contributed by atoms with Gasteiger partial charge in [-0.25, -0.2) is 44.9 Å². The van der Waals surface area contributed by atoms with Crippen LogP contribution < -0.4 is 32.1 Å². The molecule has 0 N–H and O–H groups in total. The molecule has 4 heterocycles. The van der Waals surface area contributed by atoms with Crippen LogP contribution in [0.1, 0.15) is 84.2 Å². The van der Waals surface area contributed by atoms with Gasteiger partial charge in [-0.3, -0.25) is 0 Å². The molecule has 0 fully saturated rings. The van der Waals surface area contributed by atoms with Gasteiger partial charge in [-0.15, -0.1) is 0 Å². The number of nitrogens with zero attached hydrogens (tertiary/aromatic N) is 24. The first-order valence-electron chi connectivity index (χ1n) is 17.1. The third-order valence-electron chi connectivity index (χ3n) is 9.30. The van der Waals surface area contributed by atoms with Crippen LogP contribution in [0.5, 0.6) is 0 Å². The smallest absolute Gasteiger partial charge is 0.178 e. The van der Waals surface area contributed by atoms with Crippen molar-refractivity contribution in [2.75, 3.05) is 0 Å². The molecule has 0 saturated carbocycles. The number of fused-ring (bicyclic) bond motifs is 3. The minimum Gasteiger partial charge on any atom is -0.224 e. The summed E-state index contributed by atoms with van der Waals surface area (Å²) in [6.07, 6.45) is 0. The second-order valence-corrected chi connectivity index (χ2v) is 12.3. The van der Waals surface area contributed by atoms with Crippen LogP contribution in [0.2, 0.25) is 0 Å². The van der Waals surface area contributed by atoms with Crippen molar-refractivity contribution in [1.82, 2.24) is 15.0 Å². The van der Waals surface area contributed by atoms with Crippen molar-refractivity contribution in [1.29, 1.82) is 78.9 Å². The zero-order valence-electron chi connectivity index (χ0n) is 31.7. The Bertz CT molecular complexity index is 3720. The molecule has 24 heteroatoms. The van der Waals surface area contributed by atoms with E-state index in [4.69, 9.17) is 0 Å². The first-order valence-corrected chi connectivity index (χ1v) is 17.1. The lowest BCUT2D eigenvalue weighted by molar-refractivity contribution is 0.959. The monoisotopic (exact) mass is 840 g/mol. The summed E-state index contributed by atoms with van der Waals surface area (Å²) in [6, 6.07) is 25.7. The van der Waals surface area contributed by atoms with Crippen LogP contribution in [0.15, 0.2) is 47.4 Å². The summed E-state index contributed by atoms with van der Waals surface area (Å²) in [5.74, 6) is -4.16. The van der Waals surface area contributed by atoms with E-state index in [1.165, 1.54) is 0 Å². The Hall–Kier alpha value is -13.0. The highest BCUT2D eigenvalue weighted by Gasteiger charge is 2.30. The minimum atomic E-state index is -0.763. The molecule has 3 aromatic carbocycles. The third kappa shape index (κ3) is 5.75. The van der Waals surface area contributed by atoms with Gasteiger partial charge in [-0.2, -0.15) is 78.9 Å². The van der Waals surface area contributed by atoms with Crippen molar-refractivity contribution in [3.05, 3.63) is 134 Å². The standard InChI is InChI=1S/C42N24/c43-1-16-17(2-44)23(8-50)32-31(22(16)7-49)58-37(59-32)28(13-55)40-64-41(29(14-56)38-60-33-24(9-51)18(3-45)19(4-46)25(10-52)34(33)61-38)66-42(65-40)30(15-57)39-62-35-26(11-53)20(5-47)21(6-48)27(12-54)36(35)63-39. The lowest BCUT2D eigenvalue weighted by atomic mass is 9.97. The fourth-order valence-corrected chi connectivity index (χ4v) is 6.51. The molecule has 0 aliphatic carbocycles. The van der Waals surface area contributed by atoms with Crippen LogP contribution in [-0.2, 0) is 0 Å². The number of rotatable bonds is 3. The first-order chi connectivity index (χ1) is 32.1. The molecule has 0 spiro atoms. The van der Waals surface area contributed by atoms with Crippen molar-refractivity contribution >= 4 is 16.7 Å². The van der Waals surface area contributed by atoms with E-state index in [1.54, 1.807) is 91.0 Å². The predicted molar refractivity (Wildman–Crippen MR) is 200 cm³/mol. The average molecular weight is 841 g/mol. The van der Waals surface area contributed by atoms with Crippen LogP contribution in [0, 0.1) is 170 Å². The summed E-state index contributed by atoms with van der Waals surface area (Å²) in [5.41, 5.74) is -8.20. The lowest BCUT2D eigenvalue weighted by Gasteiger charge is -2.07. The molecular formula is C42N24. The Balaban J connectivity index is 1.65. The topological polar surface area (TPSA) is 470 Å². The molecule has 4 aromatic rings. The average Bonchev–Trinajstić information content (AvgIpc) is 4.10. The lowest BCUT2D eigenvalue weighted by Crippen LogP contribution is -2.31. The predicted octanol–water partition coefficient (Wildman–Crippen LogP) is -1.23. The van der Waals surface area contributed by atoms with Gasteiger partial charge >= 0.3 is 0 Å². The third-order valence-corrected chi connectivity index (χ3v) is 9.30. The molecule has 24 nitrogen and oxygen atoms in total. The number of hydrogen-bond donors (Lipinski definition) is 0. The van der Waals surface area contributed by atoms with Crippen LogP contribution >= 0.6 is 0 Å². The number of nitriles is 15. The van der Waals surface area contributed by atoms with E-state index >= 15 is 0 Å². The highest BCUT2D eigenvalue weighted by molar-refractivity contribution is 5.82. The maximum absolute atomic E-state index is 10.6. The Morgan fingerprint density at radius 2 is 0.379 bits per heavy atom. The number of benzene rings is 3. The summed E-state index contributed by atoms with van der Waals surface area (Å²) >= 11 is 0. The van der Waals surface area contributed by atoms with Gasteiger partial charge < -0.3 is 0 Å². The van der Waals surface area contributed by atoms with Crippen molar-refractivity contribution in [3.63, 3.8) is 0 Å². The van der Waals surface area contributed by atoms with Crippen LogP contribution in [-0.4, -0.2) is 15.0 Å². The van der Waals surface area contributed by atoms with E-state index < -0.39 is 151 Å². The summed E-state index contributed by atoms with van der Waals surface area (Å²) in [6.45, 7) is 0. The van der Waals surface area contributed by atoms with Gasteiger partial charge in [0.05, 0.1) is 66.8 Å².